The molecule has 0 unspecified atom stereocenters. The van der Waals surface area contributed by atoms with Crippen molar-refractivity contribution in [1.82, 2.24) is 4.90 Å². The molecule has 2 aliphatic rings. The van der Waals surface area contributed by atoms with E-state index in [4.69, 9.17) is 11.6 Å². The fourth-order valence-electron chi connectivity index (χ4n) is 2.99. The van der Waals surface area contributed by atoms with Crippen LogP contribution >= 0.6 is 23.4 Å². The minimum Gasteiger partial charge on any atom is -0.295 e. The van der Waals surface area contributed by atoms with E-state index in [1.807, 2.05) is 42.5 Å². The van der Waals surface area contributed by atoms with Crippen molar-refractivity contribution >= 4 is 41.0 Å². The molecule has 2 aromatic rings. The van der Waals surface area contributed by atoms with Crippen LogP contribution < -0.4 is 4.90 Å². The van der Waals surface area contributed by atoms with Crippen LogP contribution in [-0.4, -0.2) is 28.6 Å². The summed E-state index contributed by atoms with van der Waals surface area (Å²) in [6.07, 6.45) is 0. The van der Waals surface area contributed by atoms with Gasteiger partial charge in [-0.05, 0) is 29.8 Å². The number of carbonyl (C=O) groups excluding carboxylic acids is 2. The summed E-state index contributed by atoms with van der Waals surface area (Å²) < 4.78 is 0. The molecule has 0 bridgehead atoms. The minimum absolute atomic E-state index is 0.148. The number of rotatable bonds is 2. The van der Waals surface area contributed by atoms with Crippen LogP contribution in [0, 0.1) is 0 Å². The van der Waals surface area contributed by atoms with Crippen LogP contribution in [0.5, 0.6) is 0 Å². The highest BCUT2D eigenvalue weighted by atomic mass is 35.5. The van der Waals surface area contributed by atoms with Gasteiger partial charge in [0.2, 0.25) is 0 Å². The molecule has 4 nitrogen and oxygen atoms in total. The van der Waals surface area contributed by atoms with Crippen LogP contribution in [0.25, 0.3) is 0 Å². The highest BCUT2D eigenvalue weighted by Gasteiger charge is 2.53. The number of anilines is 1. The van der Waals surface area contributed by atoms with Crippen molar-refractivity contribution in [2.24, 2.45) is 0 Å². The molecule has 0 spiro atoms. The SMILES string of the molecule is O=C1[C@H]2CS[C@H](c3ccc(Cl)cc3)N2C(=O)N1c1ccccc1. The molecule has 2 aliphatic heterocycles. The molecule has 2 saturated heterocycles. The van der Waals surface area contributed by atoms with Crippen molar-refractivity contribution in [2.45, 2.75) is 11.4 Å². The highest BCUT2D eigenvalue weighted by molar-refractivity contribution is 7.99. The minimum atomic E-state index is -0.395. The number of halogens is 1. The van der Waals surface area contributed by atoms with Gasteiger partial charge in [-0.3, -0.25) is 9.69 Å². The highest BCUT2D eigenvalue weighted by Crippen LogP contribution is 2.46. The first-order valence-corrected chi connectivity index (χ1v) is 8.68. The first kappa shape index (κ1) is 14.6. The van der Waals surface area contributed by atoms with Gasteiger partial charge in [-0.2, -0.15) is 0 Å². The zero-order valence-electron chi connectivity index (χ0n) is 12.1. The summed E-state index contributed by atoms with van der Waals surface area (Å²) in [5.74, 6) is 0.464. The Morgan fingerprint density at radius 2 is 1.70 bits per heavy atom. The maximum Gasteiger partial charge on any atom is 0.333 e. The lowest BCUT2D eigenvalue weighted by atomic mass is 10.2. The van der Waals surface area contributed by atoms with Gasteiger partial charge in [0.15, 0.2) is 0 Å². The molecule has 6 heteroatoms. The van der Waals surface area contributed by atoms with E-state index in [0.29, 0.717) is 16.5 Å². The molecule has 0 saturated carbocycles. The number of hydrogen-bond donors (Lipinski definition) is 0. The number of hydrogen-bond acceptors (Lipinski definition) is 3. The maximum atomic E-state index is 12.8. The van der Waals surface area contributed by atoms with Gasteiger partial charge in [0.1, 0.15) is 11.4 Å². The van der Waals surface area contributed by atoms with Crippen LogP contribution in [0.3, 0.4) is 0 Å². The van der Waals surface area contributed by atoms with Crippen molar-refractivity contribution in [3.8, 4) is 0 Å². The number of amides is 3. The fraction of sp³-hybridized carbons (Fsp3) is 0.176. The Kier molecular flexibility index (Phi) is 3.54. The molecule has 23 heavy (non-hydrogen) atoms. The first-order chi connectivity index (χ1) is 11.2. The molecule has 0 radical (unpaired) electrons. The summed E-state index contributed by atoms with van der Waals surface area (Å²) in [5.41, 5.74) is 1.61. The molecule has 2 fully saturated rings. The number of nitrogens with zero attached hydrogens (tertiary/aromatic N) is 2. The van der Waals surface area contributed by atoms with Crippen molar-refractivity contribution in [2.75, 3.05) is 10.7 Å². The number of urea groups is 1. The van der Waals surface area contributed by atoms with Crippen molar-refractivity contribution in [3.63, 3.8) is 0 Å². The van der Waals surface area contributed by atoms with E-state index in [2.05, 4.69) is 0 Å². The lowest BCUT2D eigenvalue weighted by molar-refractivity contribution is -0.119. The Morgan fingerprint density at radius 1 is 1.00 bits per heavy atom. The molecule has 4 rings (SSSR count). The second-order valence-electron chi connectivity index (χ2n) is 5.45. The number of carbonyl (C=O) groups is 2. The van der Waals surface area contributed by atoms with Gasteiger partial charge in [0.05, 0.1) is 5.69 Å². The summed E-state index contributed by atoms with van der Waals surface area (Å²) in [4.78, 5) is 28.5. The van der Waals surface area contributed by atoms with E-state index >= 15 is 0 Å². The lowest BCUT2D eigenvalue weighted by Crippen LogP contribution is -2.33. The third-order valence-electron chi connectivity index (χ3n) is 4.09. The Labute approximate surface area is 143 Å². The van der Waals surface area contributed by atoms with Gasteiger partial charge >= 0.3 is 6.03 Å². The van der Waals surface area contributed by atoms with E-state index < -0.39 is 6.04 Å². The largest absolute Gasteiger partial charge is 0.333 e. The quantitative estimate of drug-likeness (QED) is 0.775. The summed E-state index contributed by atoms with van der Waals surface area (Å²) in [6.45, 7) is 0. The van der Waals surface area contributed by atoms with Crippen LogP contribution in [0.15, 0.2) is 54.6 Å². The Morgan fingerprint density at radius 3 is 2.39 bits per heavy atom. The Bertz CT molecular complexity index is 766. The molecule has 116 valence electrons. The number of para-hydroxylation sites is 1. The van der Waals surface area contributed by atoms with E-state index in [1.54, 1.807) is 28.8 Å². The third kappa shape index (κ3) is 2.31. The smallest absolute Gasteiger partial charge is 0.295 e. The van der Waals surface area contributed by atoms with E-state index in [1.165, 1.54) is 4.90 Å². The van der Waals surface area contributed by atoms with Gasteiger partial charge in [-0.1, -0.05) is 41.9 Å². The standard InChI is InChI=1S/C17H13ClN2O2S/c18-12-8-6-11(7-9-12)16-20-14(10-23-16)15(21)19(17(20)22)13-4-2-1-3-5-13/h1-9,14,16H,10H2/t14-,16-/m1/s1. The zero-order chi connectivity index (χ0) is 16.0. The summed E-state index contributed by atoms with van der Waals surface area (Å²) in [5, 5.41) is 0.505. The van der Waals surface area contributed by atoms with Gasteiger partial charge in [-0.25, -0.2) is 9.69 Å². The molecule has 0 aromatic heterocycles. The van der Waals surface area contributed by atoms with E-state index in [-0.39, 0.29) is 17.3 Å². The Balaban J connectivity index is 1.68. The molecule has 0 aliphatic carbocycles. The molecule has 0 N–H and O–H groups in total. The lowest BCUT2D eigenvalue weighted by Gasteiger charge is -2.23. The van der Waals surface area contributed by atoms with Crippen LogP contribution in [0.4, 0.5) is 10.5 Å². The maximum absolute atomic E-state index is 12.8. The number of imide groups is 1. The molecule has 2 heterocycles. The summed E-state index contributed by atoms with van der Waals surface area (Å²) in [7, 11) is 0. The average molecular weight is 345 g/mol. The van der Waals surface area contributed by atoms with Gasteiger partial charge in [-0.15, -0.1) is 11.8 Å². The predicted octanol–water partition coefficient (Wildman–Crippen LogP) is 3.92. The van der Waals surface area contributed by atoms with Gasteiger partial charge < -0.3 is 0 Å². The molecule has 2 atom stereocenters. The predicted molar refractivity (Wildman–Crippen MR) is 91.6 cm³/mol. The monoisotopic (exact) mass is 344 g/mol. The second kappa shape index (κ2) is 5.58. The summed E-state index contributed by atoms with van der Waals surface area (Å²) >= 11 is 7.55. The molecular weight excluding hydrogens is 332 g/mol. The summed E-state index contributed by atoms with van der Waals surface area (Å²) in [6, 6.07) is 15.9. The van der Waals surface area contributed by atoms with Gasteiger partial charge in [0, 0.05) is 10.8 Å². The van der Waals surface area contributed by atoms with Gasteiger partial charge in [0.25, 0.3) is 5.91 Å². The Hall–Kier alpha value is -1.98. The number of benzene rings is 2. The van der Waals surface area contributed by atoms with E-state index in [9.17, 15) is 9.59 Å². The van der Waals surface area contributed by atoms with Crippen molar-refractivity contribution in [3.05, 3.63) is 65.2 Å². The normalized spacial score (nSPS) is 23.5. The second-order valence-corrected chi connectivity index (χ2v) is 7.00. The van der Waals surface area contributed by atoms with E-state index in [0.717, 1.165) is 5.56 Å². The molecule has 2 aromatic carbocycles. The zero-order valence-corrected chi connectivity index (χ0v) is 13.6. The van der Waals surface area contributed by atoms with Crippen molar-refractivity contribution < 1.29 is 9.59 Å². The average Bonchev–Trinajstić information content (AvgIpc) is 3.10. The fourth-order valence-corrected chi connectivity index (χ4v) is 4.53. The van der Waals surface area contributed by atoms with Crippen molar-refractivity contribution in [1.29, 1.82) is 0 Å². The number of thioether (sulfide) groups is 1. The molecular formula is C17H13ClN2O2S. The van der Waals surface area contributed by atoms with Crippen LogP contribution in [0.2, 0.25) is 5.02 Å². The van der Waals surface area contributed by atoms with Crippen LogP contribution in [-0.2, 0) is 4.79 Å². The number of fused-ring (bicyclic) bond motifs is 1. The van der Waals surface area contributed by atoms with Crippen LogP contribution in [0.1, 0.15) is 10.9 Å². The first-order valence-electron chi connectivity index (χ1n) is 7.25. The molecule has 3 amide bonds. The topological polar surface area (TPSA) is 40.6 Å². The third-order valence-corrected chi connectivity index (χ3v) is 5.66.